The Morgan fingerprint density at radius 1 is 1.29 bits per heavy atom. The number of carbonyl (C=O) groups excluding carboxylic acids is 1. The molecule has 0 atom stereocenters. The molecule has 1 aliphatic rings. The van der Waals surface area contributed by atoms with Crippen LogP contribution < -0.4 is 10.7 Å². The van der Waals surface area contributed by atoms with Gasteiger partial charge in [0, 0.05) is 12.1 Å². The average Bonchev–Trinajstić information content (AvgIpc) is 2.42. The van der Waals surface area contributed by atoms with Crippen molar-refractivity contribution in [2.75, 3.05) is 0 Å². The van der Waals surface area contributed by atoms with Gasteiger partial charge in [-0.25, -0.2) is 4.79 Å². The standard InChI is InChI=1S/C7H2FN3O3/c8-3-1-4-5(10-7(12)9-4)2-6(3)11(13)14/h1-2H. The quantitative estimate of drug-likeness (QED) is 0.470. The lowest BCUT2D eigenvalue weighted by Crippen LogP contribution is -2.22. The minimum atomic E-state index is -1.03. The molecule has 14 heavy (non-hydrogen) atoms. The molecule has 1 aliphatic heterocycles. The van der Waals surface area contributed by atoms with Crippen LogP contribution in [0.5, 0.6) is 0 Å². The van der Waals surface area contributed by atoms with E-state index in [1.54, 1.807) is 0 Å². The highest BCUT2D eigenvalue weighted by molar-refractivity contribution is 5.77. The van der Waals surface area contributed by atoms with Crippen molar-refractivity contribution < 1.29 is 14.1 Å². The summed E-state index contributed by atoms with van der Waals surface area (Å²) in [4.78, 5) is 26.8. The smallest absolute Gasteiger partial charge is 0.258 e. The maximum absolute atomic E-state index is 13.0. The topological polar surface area (TPSA) is 84.9 Å². The van der Waals surface area contributed by atoms with Gasteiger partial charge >= 0.3 is 11.7 Å². The fraction of sp³-hybridized carbons (Fsp3) is 0. The zero-order valence-electron chi connectivity index (χ0n) is 6.60. The molecule has 0 aromatic heterocycles. The van der Waals surface area contributed by atoms with Gasteiger partial charge in [-0.1, -0.05) is 0 Å². The molecule has 0 saturated heterocycles. The van der Waals surface area contributed by atoms with Gasteiger partial charge in [-0.05, 0) is 0 Å². The number of carbonyl (C=O) groups is 1. The third-order valence-electron chi connectivity index (χ3n) is 1.67. The van der Waals surface area contributed by atoms with Crippen LogP contribution in [0.15, 0.2) is 22.1 Å². The van der Waals surface area contributed by atoms with Crippen molar-refractivity contribution >= 4 is 11.7 Å². The number of amides is 2. The third-order valence-corrected chi connectivity index (χ3v) is 1.67. The summed E-state index contributed by atoms with van der Waals surface area (Å²) >= 11 is 0. The summed E-state index contributed by atoms with van der Waals surface area (Å²) in [6.07, 6.45) is 0. The van der Waals surface area contributed by atoms with E-state index in [0.29, 0.717) is 0 Å². The van der Waals surface area contributed by atoms with Crippen molar-refractivity contribution in [3.63, 3.8) is 0 Å². The predicted octanol–water partition coefficient (Wildman–Crippen LogP) is 0.107. The van der Waals surface area contributed by atoms with E-state index in [1.807, 2.05) is 0 Å². The minimum absolute atomic E-state index is 0.0260. The molecule has 70 valence electrons. The van der Waals surface area contributed by atoms with Crippen LogP contribution in [0.25, 0.3) is 0 Å². The van der Waals surface area contributed by atoms with Crippen LogP contribution in [-0.2, 0) is 0 Å². The number of fused-ring (bicyclic) bond motifs is 1. The van der Waals surface area contributed by atoms with Gasteiger partial charge in [0.25, 0.3) is 0 Å². The molecule has 0 N–H and O–H groups in total. The van der Waals surface area contributed by atoms with Gasteiger partial charge in [0.05, 0.1) is 10.3 Å². The molecule has 0 spiro atoms. The van der Waals surface area contributed by atoms with Crippen molar-refractivity contribution in [3.8, 4) is 0 Å². The van der Waals surface area contributed by atoms with E-state index in [2.05, 4.69) is 9.98 Å². The van der Waals surface area contributed by atoms with Crippen LogP contribution in [0.2, 0.25) is 0 Å². The van der Waals surface area contributed by atoms with Crippen molar-refractivity contribution in [1.29, 1.82) is 0 Å². The molecule has 2 amide bonds. The maximum Gasteiger partial charge on any atom is 0.368 e. The van der Waals surface area contributed by atoms with Crippen LogP contribution in [0.4, 0.5) is 14.9 Å². The Morgan fingerprint density at radius 3 is 2.43 bits per heavy atom. The summed E-state index contributed by atoms with van der Waals surface area (Å²) < 4.78 is 13.0. The number of rotatable bonds is 1. The number of nitro benzene ring substituents is 1. The van der Waals surface area contributed by atoms with E-state index >= 15 is 0 Å². The Balaban J connectivity index is 2.81. The van der Waals surface area contributed by atoms with Gasteiger partial charge in [-0.2, -0.15) is 14.4 Å². The number of benzene rings is 1. The van der Waals surface area contributed by atoms with Gasteiger partial charge in [0.15, 0.2) is 0 Å². The first-order chi connectivity index (χ1) is 6.58. The summed E-state index contributed by atoms with van der Waals surface area (Å²) in [5.41, 5.74) is -0.711. The Hall–Kier alpha value is -2.18. The SMILES string of the molecule is O=C1N=c2cc(F)c([N+](=O)[O-])cc2=N1. The molecule has 1 aromatic rings. The Morgan fingerprint density at radius 2 is 1.86 bits per heavy atom. The summed E-state index contributed by atoms with van der Waals surface area (Å²) in [7, 11) is 0. The van der Waals surface area contributed by atoms with Crippen LogP contribution >= 0.6 is 0 Å². The second-order valence-electron chi connectivity index (χ2n) is 2.56. The summed E-state index contributed by atoms with van der Waals surface area (Å²) in [5, 5.41) is 10.4. The largest absolute Gasteiger partial charge is 0.368 e. The highest BCUT2D eigenvalue weighted by atomic mass is 19.1. The average molecular weight is 195 g/mol. The lowest BCUT2D eigenvalue weighted by Gasteiger charge is -1.90. The van der Waals surface area contributed by atoms with Crippen LogP contribution in [-0.4, -0.2) is 11.0 Å². The number of halogens is 1. The van der Waals surface area contributed by atoms with E-state index in [0.717, 1.165) is 12.1 Å². The molecule has 0 saturated carbocycles. The predicted molar refractivity (Wildman–Crippen MR) is 40.8 cm³/mol. The lowest BCUT2D eigenvalue weighted by atomic mass is 10.3. The van der Waals surface area contributed by atoms with E-state index < -0.39 is 22.5 Å². The zero-order valence-corrected chi connectivity index (χ0v) is 6.60. The monoisotopic (exact) mass is 195 g/mol. The Labute approximate surface area is 75.6 Å². The second-order valence-corrected chi connectivity index (χ2v) is 2.56. The summed E-state index contributed by atoms with van der Waals surface area (Å²) in [5.74, 6) is -1.03. The summed E-state index contributed by atoms with van der Waals surface area (Å²) in [6, 6.07) is 0.931. The summed E-state index contributed by atoms with van der Waals surface area (Å²) in [6.45, 7) is 0. The van der Waals surface area contributed by atoms with E-state index in [4.69, 9.17) is 0 Å². The molecular weight excluding hydrogens is 193 g/mol. The Kier molecular flexibility index (Phi) is 1.60. The number of nitrogens with zero attached hydrogens (tertiary/aromatic N) is 3. The molecule has 0 unspecified atom stereocenters. The first kappa shape index (κ1) is 8.42. The van der Waals surface area contributed by atoms with Crippen molar-refractivity contribution in [1.82, 2.24) is 0 Å². The number of hydrogen-bond acceptors (Lipinski definition) is 3. The number of urea groups is 1. The fourth-order valence-electron chi connectivity index (χ4n) is 1.09. The number of hydrogen-bond donors (Lipinski definition) is 0. The van der Waals surface area contributed by atoms with Crippen molar-refractivity contribution in [2.45, 2.75) is 0 Å². The lowest BCUT2D eigenvalue weighted by molar-refractivity contribution is -0.387. The van der Waals surface area contributed by atoms with E-state index in [1.165, 1.54) is 0 Å². The molecule has 0 bridgehead atoms. The first-order valence-corrected chi connectivity index (χ1v) is 3.53. The van der Waals surface area contributed by atoms with Gasteiger partial charge in [0.2, 0.25) is 5.82 Å². The van der Waals surface area contributed by atoms with Gasteiger partial charge in [-0.3, -0.25) is 10.1 Å². The highest BCUT2D eigenvalue weighted by Gasteiger charge is 2.17. The molecular formula is C7H2FN3O3. The molecule has 7 heteroatoms. The zero-order chi connectivity index (χ0) is 10.3. The van der Waals surface area contributed by atoms with Gasteiger partial charge in [0.1, 0.15) is 5.36 Å². The van der Waals surface area contributed by atoms with Gasteiger partial charge < -0.3 is 0 Å². The second kappa shape index (κ2) is 2.66. The van der Waals surface area contributed by atoms with Crippen LogP contribution in [0.3, 0.4) is 0 Å². The van der Waals surface area contributed by atoms with E-state index in [-0.39, 0.29) is 10.7 Å². The van der Waals surface area contributed by atoms with Crippen molar-refractivity contribution in [3.05, 3.63) is 38.8 Å². The number of nitro groups is 1. The molecule has 0 radical (unpaired) electrons. The van der Waals surface area contributed by atoms with Gasteiger partial charge in [-0.15, -0.1) is 0 Å². The van der Waals surface area contributed by atoms with Crippen LogP contribution in [0.1, 0.15) is 0 Å². The molecule has 2 rings (SSSR count). The minimum Gasteiger partial charge on any atom is -0.258 e. The van der Waals surface area contributed by atoms with E-state index in [9.17, 15) is 19.3 Å². The maximum atomic E-state index is 13.0. The molecule has 1 aromatic carbocycles. The molecule has 1 heterocycles. The normalized spacial score (nSPS) is 13.1. The van der Waals surface area contributed by atoms with Crippen LogP contribution in [0, 0.1) is 15.9 Å². The first-order valence-electron chi connectivity index (χ1n) is 3.53. The fourth-order valence-corrected chi connectivity index (χ4v) is 1.09. The van der Waals surface area contributed by atoms with Crippen molar-refractivity contribution in [2.24, 2.45) is 9.98 Å². The highest BCUT2D eigenvalue weighted by Crippen LogP contribution is 2.11. The molecule has 6 nitrogen and oxygen atoms in total. The molecule has 0 aliphatic carbocycles. The third kappa shape index (κ3) is 1.15. The molecule has 0 fully saturated rings. The Bertz CT molecular complexity index is 566.